The molecule has 2 N–H and O–H groups in total. The highest BCUT2D eigenvalue weighted by molar-refractivity contribution is 5.25. The van der Waals surface area contributed by atoms with Gasteiger partial charge in [-0.3, -0.25) is 4.90 Å². The molecule has 0 aliphatic rings. The maximum Gasteiger partial charge on any atom is 0.127 e. The van der Waals surface area contributed by atoms with Crippen molar-refractivity contribution in [2.75, 3.05) is 7.05 Å². The van der Waals surface area contributed by atoms with Crippen LogP contribution in [0.5, 0.6) is 0 Å². The van der Waals surface area contributed by atoms with Gasteiger partial charge in [0.15, 0.2) is 0 Å². The SMILES string of the molecule is CN(Cc1ccoc1)Cc1ccc(F)c(CN)c1. The monoisotopic (exact) mass is 248 g/mol. The van der Waals surface area contributed by atoms with Crippen molar-refractivity contribution in [1.29, 1.82) is 0 Å². The van der Waals surface area contributed by atoms with Gasteiger partial charge in [0.25, 0.3) is 0 Å². The smallest absolute Gasteiger partial charge is 0.127 e. The van der Waals surface area contributed by atoms with Crippen LogP contribution in [0.4, 0.5) is 4.39 Å². The molecule has 0 fully saturated rings. The lowest BCUT2D eigenvalue weighted by Crippen LogP contribution is -2.17. The Labute approximate surface area is 106 Å². The predicted octanol–water partition coefficient (Wildman–Crippen LogP) is 2.51. The number of nitrogens with zero attached hydrogens (tertiary/aromatic N) is 1. The van der Waals surface area contributed by atoms with Crippen LogP contribution in [0.1, 0.15) is 16.7 Å². The summed E-state index contributed by atoms with van der Waals surface area (Å²) in [5.74, 6) is -0.237. The first-order valence-corrected chi connectivity index (χ1v) is 5.86. The van der Waals surface area contributed by atoms with E-state index in [1.807, 2.05) is 19.2 Å². The topological polar surface area (TPSA) is 42.4 Å². The van der Waals surface area contributed by atoms with Crippen LogP contribution in [0.2, 0.25) is 0 Å². The van der Waals surface area contributed by atoms with Crippen molar-refractivity contribution >= 4 is 0 Å². The van der Waals surface area contributed by atoms with Gasteiger partial charge < -0.3 is 10.2 Å². The van der Waals surface area contributed by atoms with E-state index in [4.69, 9.17) is 10.2 Å². The van der Waals surface area contributed by atoms with Crippen LogP contribution >= 0.6 is 0 Å². The number of halogens is 1. The minimum absolute atomic E-state index is 0.227. The zero-order chi connectivity index (χ0) is 13.0. The van der Waals surface area contributed by atoms with E-state index >= 15 is 0 Å². The van der Waals surface area contributed by atoms with E-state index in [0.29, 0.717) is 5.56 Å². The summed E-state index contributed by atoms with van der Waals surface area (Å²) in [5, 5.41) is 0. The van der Waals surface area contributed by atoms with Crippen LogP contribution in [0.25, 0.3) is 0 Å². The minimum atomic E-state index is -0.237. The maximum absolute atomic E-state index is 13.3. The second-order valence-electron chi connectivity index (χ2n) is 4.43. The molecule has 1 aromatic carbocycles. The van der Waals surface area contributed by atoms with Gasteiger partial charge in [0, 0.05) is 30.8 Å². The normalized spacial score (nSPS) is 11.1. The van der Waals surface area contributed by atoms with Crippen molar-refractivity contribution < 1.29 is 8.81 Å². The highest BCUT2D eigenvalue weighted by Crippen LogP contribution is 2.13. The predicted molar refractivity (Wildman–Crippen MR) is 68.2 cm³/mol. The van der Waals surface area contributed by atoms with Crippen molar-refractivity contribution in [2.24, 2.45) is 5.73 Å². The zero-order valence-electron chi connectivity index (χ0n) is 10.4. The summed E-state index contributed by atoms with van der Waals surface area (Å²) in [5.41, 5.74) is 8.24. The van der Waals surface area contributed by atoms with Crippen molar-refractivity contribution in [3.05, 3.63) is 59.3 Å². The van der Waals surface area contributed by atoms with Gasteiger partial charge in [-0.15, -0.1) is 0 Å². The van der Waals surface area contributed by atoms with Crippen molar-refractivity contribution in [1.82, 2.24) is 4.90 Å². The summed E-state index contributed by atoms with van der Waals surface area (Å²) < 4.78 is 18.3. The Morgan fingerprint density at radius 1 is 1.22 bits per heavy atom. The first-order valence-electron chi connectivity index (χ1n) is 5.86. The number of hydrogen-bond donors (Lipinski definition) is 1. The number of nitrogens with two attached hydrogens (primary N) is 1. The third-order valence-corrected chi connectivity index (χ3v) is 2.82. The molecule has 4 heteroatoms. The molecule has 0 saturated carbocycles. The molecule has 0 radical (unpaired) electrons. The molecule has 0 aliphatic heterocycles. The van der Waals surface area contributed by atoms with Gasteiger partial charge in [-0.1, -0.05) is 12.1 Å². The van der Waals surface area contributed by atoms with Crippen LogP contribution in [0.15, 0.2) is 41.2 Å². The first-order chi connectivity index (χ1) is 8.69. The van der Waals surface area contributed by atoms with Crippen molar-refractivity contribution in [3.63, 3.8) is 0 Å². The summed E-state index contributed by atoms with van der Waals surface area (Å²) in [7, 11) is 2.01. The van der Waals surface area contributed by atoms with E-state index in [2.05, 4.69) is 4.90 Å². The average Bonchev–Trinajstić information content (AvgIpc) is 2.84. The summed E-state index contributed by atoms with van der Waals surface area (Å²) in [4.78, 5) is 2.14. The highest BCUT2D eigenvalue weighted by Gasteiger charge is 2.06. The Morgan fingerprint density at radius 3 is 2.67 bits per heavy atom. The zero-order valence-corrected chi connectivity index (χ0v) is 10.4. The van der Waals surface area contributed by atoms with Crippen molar-refractivity contribution in [2.45, 2.75) is 19.6 Å². The van der Waals surface area contributed by atoms with Crippen molar-refractivity contribution in [3.8, 4) is 0 Å². The molecule has 18 heavy (non-hydrogen) atoms. The van der Waals surface area contributed by atoms with E-state index in [0.717, 1.165) is 24.2 Å². The molecule has 0 bridgehead atoms. The summed E-state index contributed by atoms with van der Waals surface area (Å²) in [6.45, 7) is 1.77. The van der Waals surface area contributed by atoms with E-state index in [9.17, 15) is 4.39 Å². The van der Waals surface area contributed by atoms with E-state index < -0.39 is 0 Å². The summed E-state index contributed by atoms with van der Waals surface area (Å²) >= 11 is 0. The van der Waals surface area contributed by atoms with Gasteiger partial charge >= 0.3 is 0 Å². The van der Waals surface area contributed by atoms with Gasteiger partial charge in [0.1, 0.15) is 5.82 Å². The second-order valence-corrected chi connectivity index (χ2v) is 4.43. The Balaban J connectivity index is 2.00. The molecular weight excluding hydrogens is 231 g/mol. The largest absolute Gasteiger partial charge is 0.472 e. The Hall–Kier alpha value is -1.65. The van der Waals surface area contributed by atoms with E-state index in [1.165, 1.54) is 6.07 Å². The number of hydrogen-bond acceptors (Lipinski definition) is 3. The molecule has 0 spiro atoms. The minimum Gasteiger partial charge on any atom is -0.472 e. The van der Waals surface area contributed by atoms with Crippen LogP contribution in [-0.4, -0.2) is 11.9 Å². The first kappa shape index (κ1) is 12.8. The van der Waals surface area contributed by atoms with Gasteiger partial charge in [-0.05, 0) is 24.7 Å². The van der Waals surface area contributed by atoms with Gasteiger partial charge in [-0.2, -0.15) is 0 Å². The second kappa shape index (κ2) is 5.80. The Bertz CT molecular complexity index is 497. The summed E-state index contributed by atoms with van der Waals surface area (Å²) in [6, 6.07) is 7.03. The van der Waals surface area contributed by atoms with E-state index in [-0.39, 0.29) is 12.4 Å². The van der Waals surface area contributed by atoms with Gasteiger partial charge in [0.05, 0.1) is 12.5 Å². The molecule has 1 aromatic heterocycles. The van der Waals surface area contributed by atoms with Crippen LogP contribution in [0.3, 0.4) is 0 Å². The fourth-order valence-corrected chi connectivity index (χ4v) is 1.94. The molecule has 0 atom stereocenters. The van der Waals surface area contributed by atoms with Gasteiger partial charge in [0.2, 0.25) is 0 Å². The highest BCUT2D eigenvalue weighted by atomic mass is 19.1. The molecule has 3 nitrogen and oxygen atoms in total. The lowest BCUT2D eigenvalue weighted by Gasteiger charge is -2.16. The van der Waals surface area contributed by atoms with E-state index in [1.54, 1.807) is 18.6 Å². The lowest BCUT2D eigenvalue weighted by atomic mass is 10.1. The molecular formula is C14H17FN2O. The van der Waals surface area contributed by atoms with Crippen LogP contribution in [0, 0.1) is 5.82 Å². The molecule has 96 valence electrons. The standard InChI is InChI=1S/C14H17FN2O/c1-17(9-12-4-5-18-10-12)8-11-2-3-14(15)13(6-11)7-16/h2-6,10H,7-9,16H2,1H3. The fourth-order valence-electron chi connectivity index (χ4n) is 1.94. The number of rotatable bonds is 5. The Kier molecular flexibility index (Phi) is 4.12. The number of benzene rings is 1. The number of furan rings is 1. The molecule has 0 unspecified atom stereocenters. The quantitative estimate of drug-likeness (QED) is 0.884. The molecule has 0 amide bonds. The molecule has 0 saturated heterocycles. The fraction of sp³-hybridized carbons (Fsp3) is 0.286. The average molecular weight is 248 g/mol. The maximum atomic E-state index is 13.3. The molecule has 0 aliphatic carbocycles. The third kappa shape index (κ3) is 3.18. The summed E-state index contributed by atoms with van der Waals surface area (Å²) in [6.07, 6.45) is 3.39. The molecule has 1 heterocycles. The van der Waals surface area contributed by atoms with Crippen LogP contribution in [-0.2, 0) is 19.6 Å². The molecule has 2 aromatic rings. The van der Waals surface area contributed by atoms with Crippen LogP contribution < -0.4 is 5.73 Å². The van der Waals surface area contributed by atoms with Gasteiger partial charge in [-0.25, -0.2) is 4.39 Å². The lowest BCUT2D eigenvalue weighted by molar-refractivity contribution is 0.317. The Morgan fingerprint density at radius 2 is 2.00 bits per heavy atom. The third-order valence-electron chi connectivity index (χ3n) is 2.82. The molecule has 2 rings (SSSR count).